The zero-order chi connectivity index (χ0) is 10.5. The van der Waals surface area contributed by atoms with Crippen molar-refractivity contribution in [1.29, 1.82) is 0 Å². The number of pyridine rings is 1. The van der Waals surface area contributed by atoms with Crippen molar-refractivity contribution in [2.24, 2.45) is 0 Å². The van der Waals surface area contributed by atoms with Gasteiger partial charge in [0.15, 0.2) is 0 Å². The molecule has 1 fully saturated rings. The smallest absolute Gasteiger partial charge is 0.0704 e. The number of hydrogen-bond donors (Lipinski definition) is 1. The fraction of sp³-hybridized carbons (Fsp3) is 0.417. The zero-order valence-corrected chi connectivity index (χ0v) is 8.89. The molecule has 15 heavy (non-hydrogen) atoms. The first-order valence-corrected chi connectivity index (χ1v) is 5.40. The molecule has 3 nitrogen and oxygen atoms in total. The summed E-state index contributed by atoms with van der Waals surface area (Å²) in [6.07, 6.45) is 3.82. The number of nitrogens with one attached hydrogen (secondary N) is 1. The van der Waals surface area contributed by atoms with Crippen LogP contribution in [0.15, 0.2) is 37.1 Å². The molecule has 1 aliphatic rings. The van der Waals surface area contributed by atoms with Crippen LogP contribution in [-0.2, 0) is 0 Å². The highest BCUT2D eigenvalue weighted by molar-refractivity contribution is 5.14. The van der Waals surface area contributed by atoms with E-state index in [1.807, 2.05) is 24.4 Å². The van der Waals surface area contributed by atoms with Gasteiger partial charge in [-0.05, 0) is 12.1 Å². The van der Waals surface area contributed by atoms with E-state index in [-0.39, 0.29) is 6.04 Å². The Morgan fingerprint density at radius 1 is 1.40 bits per heavy atom. The Labute approximate surface area is 90.8 Å². The van der Waals surface area contributed by atoms with Gasteiger partial charge in [-0.2, -0.15) is 0 Å². The second-order valence-corrected chi connectivity index (χ2v) is 3.72. The molecule has 3 heteroatoms. The molecule has 0 aromatic carbocycles. The zero-order valence-electron chi connectivity index (χ0n) is 8.89. The molecule has 1 aromatic heterocycles. The number of rotatable bonds is 3. The van der Waals surface area contributed by atoms with Crippen LogP contribution in [0.2, 0.25) is 0 Å². The summed E-state index contributed by atoms with van der Waals surface area (Å²) in [5, 5.41) is 3.35. The Hall–Kier alpha value is -1.19. The highest BCUT2D eigenvalue weighted by Gasteiger charge is 2.19. The first kappa shape index (κ1) is 10.3. The van der Waals surface area contributed by atoms with Crippen molar-refractivity contribution in [2.75, 3.05) is 26.2 Å². The Bertz CT molecular complexity index is 304. The predicted octanol–water partition coefficient (Wildman–Crippen LogP) is 1.21. The molecular weight excluding hydrogens is 186 g/mol. The standard InChI is InChI=1S/C12H17N3/c1-2-12(11-5-3-4-6-14-11)15-9-7-13-8-10-15/h2-6,12-13H,1,7-10H2/t12-/m0/s1. The largest absolute Gasteiger partial charge is 0.314 e. The molecule has 0 radical (unpaired) electrons. The number of hydrogen-bond acceptors (Lipinski definition) is 3. The van der Waals surface area contributed by atoms with Gasteiger partial charge in [-0.1, -0.05) is 12.1 Å². The van der Waals surface area contributed by atoms with Crippen LogP contribution in [0.1, 0.15) is 11.7 Å². The molecule has 2 heterocycles. The van der Waals surface area contributed by atoms with Crippen LogP contribution >= 0.6 is 0 Å². The number of piperazine rings is 1. The Kier molecular flexibility index (Phi) is 3.48. The predicted molar refractivity (Wildman–Crippen MR) is 61.6 cm³/mol. The lowest BCUT2D eigenvalue weighted by atomic mass is 10.1. The van der Waals surface area contributed by atoms with Gasteiger partial charge in [-0.3, -0.25) is 9.88 Å². The molecular formula is C12H17N3. The van der Waals surface area contributed by atoms with Gasteiger partial charge in [-0.15, -0.1) is 6.58 Å². The molecule has 80 valence electrons. The Balaban J connectivity index is 2.12. The second-order valence-electron chi connectivity index (χ2n) is 3.72. The van der Waals surface area contributed by atoms with Gasteiger partial charge in [0.05, 0.1) is 11.7 Å². The summed E-state index contributed by atoms with van der Waals surface area (Å²) < 4.78 is 0. The molecule has 0 aliphatic carbocycles. The van der Waals surface area contributed by atoms with Crippen molar-refractivity contribution < 1.29 is 0 Å². The third-order valence-electron chi connectivity index (χ3n) is 2.76. The van der Waals surface area contributed by atoms with Crippen LogP contribution in [0.4, 0.5) is 0 Å². The third kappa shape index (κ3) is 2.43. The lowest BCUT2D eigenvalue weighted by Gasteiger charge is -2.32. The van der Waals surface area contributed by atoms with Crippen LogP contribution in [0, 0.1) is 0 Å². The van der Waals surface area contributed by atoms with Gasteiger partial charge in [-0.25, -0.2) is 0 Å². The molecule has 2 rings (SSSR count). The van der Waals surface area contributed by atoms with E-state index in [0.29, 0.717) is 0 Å². The van der Waals surface area contributed by atoms with Crippen molar-refractivity contribution in [3.63, 3.8) is 0 Å². The van der Waals surface area contributed by atoms with E-state index in [9.17, 15) is 0 Å². The molecule has 1 saturated heterocycles. The summed E-state index contributed by atoms with van der Waals surface area (Å²) in [7, 11) is 0. The van der Waals surface area contributed by atoms with E-state index in [1.54, 1.807) is 0 Å². The topological polar surface area (TPSA) is 28.2 Å². The van der Waals surface area contributed by atoms with E-state index in [1.165, 1.54) is 0 Å². The van der Waals surface area contributed by atoms with Crippen LogP contribution < -0.4 is 5.32 Å². The van der Waals surface area contributed by atoms with E-state index in [0.717, 1.165) is 31.9 Å². The molecule has 1 aromatic rings. The minimum atomic E-state index is 0.258. The minimum absolute atomic E-state index is 0.258. The van der Waals surface area contributed by atoms with Crippen LogP contribution in [0.25, 0.3) is 0 Å². The number of aromatic nitrogens is 1. The molecule has 1 atom stereocenters. The van der Waals surface area contributed by atoms with Crippen LogP contribution in [0.5, 0.6) is 0 Å². The average Bonchev–Trinajstić information content (AvgIpc) is 2.33. The minimum Gasteiger partial charge on any atom is -0.314 e. The van der Waals surface area contributed by atoms with Gasteiger partial charge in [0.25, 0.3) is 0 Å². The maximum Gasteiger partial charge on any atom is 0.0704 e. The van der Waals surface area contributed by atoms with Crippen molar-refractivity contribution in [3.05, 3.63) is 42.7 Å². The molecule has 0 amide bonds. The highest BCUT2D eigenvalue weighted by atomic mass is 15.2. The molecule has 1 aliphatic heterocycles. The fourth-order valence-corrected chi connectivity index (χ4v) is 1.97. The van der Waals surface area contributed by atoms with E-state index in [4.69, 9.17) is 0 Å². The maximum atomic E-state index is 4.39. The average molecular weight is 203 g/mol. The SMILES string of the molecule is C=C[C@@H](c1ccccn1)N1CCNCC1. The quantitative estimate of drug-likeness (QED) is 0.749. The first-order valence-electron chi connectivity index (χ1n) is 5.40. The Morgan fingerprint density at radius 3 is 2.80 bits per heavy atom. The third-order valence-corrected chi connectivity index (χ3v) is 2.76. The monoisotopic (exact) mass is 203 g/mol. The lowest BCUT2D eigenvalue weighted by molar-refractivity contribution is 0.200. The summed E-state index contributed by atoms with van der Waals surface area (Å²) in [6, 6.07) is 6.30. The summed E-state index contributed by atoms with van der Waals surface area (Å²) in [6.45, 7) is 8.14. The summed E-state index contributed by atoms with van der Waals surface area (Å²) in [4.78, 5) is 6.80. The normalized spacial score (nSPS) is 19.7. The summed E-state index contributed by atoms with van der Waals surface area (Å²) >= 11 is 0. The molecule has 0 saturated carbocycles. The first-order chi connectivity index (χ1) is 7.42. The van der Waals surface area contributed by atoms with Crippen LogP contribution in [-0.4, -0.2) is 36.1 Å². The molecule has 0 bridgehead atoms. The van der Waals surface area contributed by atoms with Crippen molar-refractivity contribution in [1.82, 2.24) is 15.2 Å². The van der Waals surface area contributed by atoms with E-state index < -0.39 is 0 Å². The second kappa shape index (κ2) is 5.05. The highest BCUT2D eigenvalue weighted by Crippen LogP contribution is 2.19. The molecule has 1 N–H and O–H groups in total. The summed E-state index contributed by atoms with van der Waals surface area (Å²) in [5.41, 5.74) is 1.09. The van der Waals surface area contributed by atoms with E-state index >= 15 is 0 Å². The molecule has 0 unspecified atom stereocenters. The fourth-order valence-electron chi connectivity index (χ4n) is 1.97. The maximum absolute atomic E-state index is 4.39. The van der Waals surface area contributed by atoms with E-state index in [2.05, 4.69) is 27.8 Å². The lowest BCUT2D eigenvalue weighted by Crippen LogP contribution is -2.44. The number of nitrogens with zero attached hydrogens (tertiary/aromatic N) is 2. The van der Waals surface area contributed by atoms with Gasteiger partial charge < -0.3 is 5.32 Å². The van der Waals surface area contributed by atoms with Crippen molar-refractivity contribution in [3.8, 4) is 0 Å². The van der Waals surface area contributed by atoms with Gasteiger partial charge in [0, 0.05) is 32.4 Å². The Morgan fingerprint density at radius 2 is 2.20 bits per heavy atom. The van der Waals surface area contributed by atoms with Crippen LogP contribution in [0.3, 0.4) is 0 Å². The van der Waals surface area contributed by atoms with Gasteiger partial charge in [0.2, 0.25) is 0 Å². The summed E-state index contributed by atoms with van der Waals surface area (Å²) in [5.74, 6) is 0. The van der Waals surface area contributed by atoms with Crippen molar-refractivity contribution in [2.45, 2.75) is 6.04 Å². The molecule has 0 spiro atoms. The van der Waals surface area contributed by atoms with Gasteiger partial charge in [0.1, 0.15) is 0 Å². The van der Waals surface area contributed by atoms with Gasteiger partial charge >= 0.3 is 0 Å². The van der Waals surface area contributed by atoms with Crippen molar-refractivity contribution >= 4 is 0 Å².